The summed E-state index contributed by atoms with van der Waals surface area (Å²) in [6, 6.07) is 13.8. The summed E-state index contributed by atoms with van der Waals surface area (Å²) < 4.78 is 11.7. The Labute approximate surface area is 149 Å². The SMILES string of the molecule is Cc1ccc(C(C)(C)C)c(OCCOc2cccc(C(N)=S)c2)c1. The zero-order valence-electron chi connectivity index (χ0n) is 14.8. The molecule has 0 atom stereocenters. The lowest BCUT2D eigenvalue weighted by atomic mass is 9.86. The molecule has 2 aromatic rings. The fraction of sp³-hybridized carbons (Fsp3) is 0.350. The molecule has 0 amide bonds. The smallest absolute Gasteiger partial charge is 0.123 e. The number of hydrogen-bond donors (Lipinski definition) is 1. The van der Waals surface area contributed by atoms with E-state index in [2.05, 4.69) is 45.9 Å². The van der Waals surface area contributed by atoms with Gasteiger partial charge >= 0.3 is 0 Å². The number of aryl methyl sites for hydroxylation is 1. The molecule has 0 radical (unpaired) electrons. The van der Waals surface area contributed by atoms with Crippen LogP contribution in [0.4, 0.5) is 0 Å². The van der Waals surface area contributed by atoms with Gasteiger partial charge in [0.25, 0.3) is 0 Å². The van der Waals surface area contributed by atoms with Crippen molar-refractivity contribution in [2.45, 2.75) is 33.1 Å². The number of rotatable bonds is 6. The largest absolute Gasteiger partial charge is 0.490 e. The average molecular weight is 343 g/mol. The minimum Gasteiger partial charge on any atom is -0.490 e. The van der Waals surface area contributed by atoms with E-state index in [9.17, 15) is 0 Å². The summed E-state index contributed by atoms with van der Waals surface area (Å²) in [4.78, 5) is 0.367. The minimum absolute atomic E-state index is 0.0367. The zero-order chi connectivity index (χ0) is 17.7. The first-order valence-electron chi connectivity index (χ1n) is 8.04. The van der Waals surface area contributed by atoms with E-state index in [1.165, 1.54) is 11.1 Å². The van der Waals surface area contributed by atoms with Crippen molar-refractivity contribution in [3.05, 3.63) is 59.2 Å². The van der Waals surface area contributed by atoms with Crippen LogP contribution in [-0.2, 0) is 5.41 Å². The summed E-state index contributed by atoms with van der Waals surface area (Å²) in [6.45, 7) is 9.55. The van der Waals surface area contributed by atoms with Crippen molar-refractivity contribution >= 4 is 17.2 Å². The Balaban J connectivity index is 1.97. The lowest BCUT2D eigenvalue weighted by Gasteiger charge is -2.23. The summed E-state index contributed by atoms with van der Waals surface area (Å²) in [5, 5.41) is 0. The van der Waals surface area contributed by atoms with Crippen molar-refractivity contribution in [3.63, 3.8) is 0 Å². The molecule has 0 unspecified atom stereocenters. The van der Waals surface area contributed by atoms with E-state index < -0.39 is 0 Å². The number of thiocarbonyl (C=S) groups is 1. The summed E-state index contributed by atoms with van der Waals surface area (Å²) in [5.41, 5.74) is 8.86. The third kappa shape index (κ3) is 4.96. The maximum atomic E-state index is 5.97. The van der Waals surface area contributed by atoms with Gasteiger partial charge < -0.3 is 15.2 Å². The van der Waals surface area contributed by atoms with Crippen LogP contribution in [0.15, 0.2) is 42.5 Å². The van der Waals surface area contributed by atoms with Crippen LogP contribution in [0, 0.1) is 6.92 Å². The monoisotopic (exact) mass is 343 g/mol. The predicted octanol–water partition coefficient (Wildman–Crippen LogP) is 4.38. The maximum absolute atomic E-state index is 5.97. The molecular weight excluding hydrogens is 318 g/mol. The van der Waals surface area contributed by atoms with Gasteiger partial charge in [-0.3, -0.25) is 0 Å². The first kappa shape index (κ1) is 18.3. The van der Waals surface area contributed by atoms with Crippen LogP contribution in [0.1, 0.15) is 37.5 Å². The number of hydrogen-bond acceptors (Lipinski definition) is 3. The highest BCUT2D eigenvalue weighted by atomic mass is 32.1. The Hall–Kier alpha value is -2.07. The molecule has 0 aliphatic carbocycles. The molecule has 0 bridgehead atoms. The van der Waals surface area contributed by atoms with Gasteiger partial charge in [-0.2, -0.15) is 0 Å². The number of benzene rings is 2. The van der Waals surface area contributed by atoms with Crippen LogP contribution in [-0.4, -0.2) is 18.2 Å². The topological polar surface area (TPSA) is 44.5 Å². The third-order valence-electron chi connectivity index (χ3n) is 3.67. The van der Waals surface area contributed by atoms with Gasteiger partial charge in [-0.25, -0.2) is 0 Å². The first-order valence-corrected chi connectivity index (χ1v) is 8.45. The van der Waals surface area contributed by atoms with Gasteiger partial charge in [-0.15, -0.1) is 0 Å². The Bertz CT molecular complexity index is 720. The van der Waals surface area contributed by atoms with Crippen LogP contribution >= 0.6 is 12.2 Å². The minimum atomic E-state index is 0.0367. The molecular formula is C20H25NO2S. The fourth-order valence-electron chi connectivity index (χ4n) is 2.42. The van der Waals surface area contributed by atoms with Gasteiger partial charge in [0.2, 0.25) is 0 Å². The molecule has 2 rings (SSSR count). The highest BCUT2D eigenvalue weighted by Crippen LogP contribution is 2.32. The second-order valence-electron chi connectivity index (χ2n) is 6.84. The molecule has 0 aliphatic heterocycles. The van der Waals surface area contributed by atoms with Crippen molar-refractivity contribution in [2.75, 3.05) is 13.2 Å². The molecule has 0 spiro atoms. The van der Waals surface area contributed by atoms with E-state index in [4.69, 9.17) is 27.4 Å². The molecule has 128 valence electrons. The molecule has 0 saturated carbocycles. The quantitative estimate of drug-likeness (QED) is 0.624. The summed E-state index contributed by atoms with van der Waals surface area (Å²) in [6.07, 6.45) is 0. The zero-order valence-corrected chi connectivity index (χ0v) is 15.6. The molecule has 3 nitrogen and oxygen atoms in total. The van der Waals surface area contributed by atoms with E-state index in [1.807, 2.05) is 24.3 Å². The van der Waals surface area contributed by atoms with Crippen LogP contribution in [0.3, 0.4) is 0 Å². The van der Waals surface area contributed by atoms with Gasteiger partial charge in [-0.05, 0) is 41.7 Å². The molecule has 0 saturated heterocycles. The molecule has 0 aliphatic rings. The van der Waals surface area contributed by atoms with Crippen LogP contribution in [0.2, 0.25) is 0 Å². The lowest BCUT2D eigenvalue weighted by Crippen LogP contribution is -2.16. The van der Waals surface area contributed by atoms with Gasteiger partial charge in [0.1, 0.15) is 29.7 Å². The Morgan fingerprint density at radius 3 is 2.42 bits per heavy atom. The Kier molecular flexibility index (Phi) is 5.84. The highest BCUT2D eigenvalue weighted by Gasteiger charge is 2.18. The van der Waals surface area contributed by atoms with Crippen LogP contribution < -0.4 is 15.2 Å². The van der Waals surface area contributed by atoms with Crippen molar-refractivity contribution in [2.24, 2.45) is 5.73 Å². The average Bonchev–Trinajstić information content (AvgIpc) is 2.50. The van der Waals surface area contributed by atoms with E-state index in [0.29, 0.717) is 18.2 Å². The molecule has 2 N–H and O–H groups in total. The van der Waals surface area contributed by atoms with Gasteiger partial charge in [-0.1, -0.05) is 57.3 Å². The Morgan fingerprint density at radius 1 is 1.04 bits per heavy atom. The van der Waals surface area contributed by atoms with E-state index in [-0.39, 0.29) is 5.41 Å². The second-order valence-corrected chi connectivity index (χ2v) is 7.28. The van der Waals surface area contributed by atoms with Gasteiger partial charge in [0.15, 0.2) is 0 Å². The summed E-state index contributed by atoms with van der Waals surface area (Å²) >= 11 is 4.98. The van der Waals surface area contributed by atoms with Crippen molar-refractivity contribution in [1.29, 1.82) is 0 Å². The lowest BCUT2D eigenvalue weighted by molar-refractivity contribution is 0.214. The van der Waals surface area contributed by atoms with E-state index >= 15 is 0 Å². The number of ether oxygens (including phenoxy) is 2. The summed E-state index contributed by atoms with van der Waals surface area (Å²) in [7, 11) is 0. The Morgan fingerprint density at radius 2 is 1.75 bits per heavy atom. The molecule has 24 heavy (non-hydrogen) atoms. The van der Waals surface area contributed by atoms with Crippen molar-refractivity contribution in [1.82, 2.24) is 0 Å². The normalized spacial score (nSPS) is 11.2. The molecule has 0 aromatic heterocycles. The second kappa shape index (κ2) is 7.67. The molecule has 2 aromatic carbocycles. The molecule has 0 heterocycles. The van der Waals surface area contributed by atoms with Gasteiger partial charge in [0, 0.05) is 5.56 Å². The molecule has 0 fully saturated rings. The predicted molar refractivity (Wildman–Crippen MR) is 103 cm³/mol. The van der Waals surface area contributed by atoms with Crippen molar-refractivity contribution in [3.8, 4) is 11.5 Å². The van der Waals surface area contributed by atoms with Crippen LogP contribution in [0.5, 0.6) is 11.5 Å². The van der Waals surface area contributed by atoms with E-state index in [1.54, 1.807) is 0 Å². The van der Waals surface area contributed by atoms with Gasteiger partial charge in [0.05, 0.1) is 0 Å². The molecule has 4 heteroatoms. The standard InChI is InChI=1S/C20H25NO2S/c1-14-8-9-17(20(2,3)4)18(12-14)23-11-10-22-16-7-5-6-15(13-16)19(21)24/h5-9,12-13H,10-11H2,1-4H3,(H2,21,24). The fourth-order valence-corrected chi connectivity index (χ4v) is 2.55. The van der Waals surface area contributed by atoms with Crippen LogP contribution in [0.25, 0.3) is 0 Å². The highest BCUT2D eigenvalue weighted by molar-refractivity contribution is 7.80. The maximum Gasteiger partial charge on any atom is 0.123 e. The third-order valence-corrected chi connectivity index (χ3v) is 3.91. The summed E-state index contributed by atoms with van der Waals surface area (Å²) in [5.74, 6) is 1.66. The van der Waals surface area contributed by atoms with E-state index in [0.717, 1.165) is 17.1 Å². The number of nitrogens with two attached hydrogens (primary N) is 1. The van der Waals surface area contributed by atoms with Crippen molar-refractivity contribution < 1.29 is 9.47 Å². The first-order chi connectivity index (χ1) is 11.3.